The first-order valence-corrected chi connectivity index (χ1v) is 6.21. The second kappa shape index (κ2) is 5.50. The lowest BCUT2D eigenvalue weighted by Crippen LogP contribution is -2.52. The fourth-order valence-electron chi connectivity index (χ4n) is 2.44. The van der Waals surface area contributed by atoms with E-state index in [0.717, 1.165) is 18.5 Å². The highest BCUT2D eigenvalue weighted by Crippen LogP contribution is 2.28. The Kier molecular flexibility index (Phi) is 3.99. The smallest absolute Gasteiger partial charge is 0.326 e. The zero-order chi connectivity index (χ0) is 13.0. The van der Waals surface area contributed by atoms with Gasteiger partial charge in [-0.05, 0) is 32.0 Å². The summed E-state index contributed by atoms with van der Waals surface area (Å²) in [4.78, 5) is 13.3. The molecular weight excluding hydrogens is 230 g/mol. The molecule has 1 unspecified atom stereocenters. The van der Waals surface area contributed by atoms with Gasteiger partial charge in [0.1, 0.15) is 5.54 Å². The van der Waals surface area contributed by atoms with Crippen molar-refractivity contribution >= 4 is 5.97 Å². The summed E-state index contributed by atoms with van der Waals surface area (Å²) in [5, 5.41) is 9.41. The SMILES string of the molecule is CN1CCCC1(COCc1ccccc1)C(=O)O. The Morgan fingerprint density at radius 3 is 2.72 bits per heavy atom. The normalized spacial score (nSPS) is 24.3. The second-order valence-corrected chi connectivity index (χ2v) is 4.84. The number of hydrogen-bond acceptors (Lipinski definition) is 3. The van der Waals surface area contributed by atoms with Gasteiger partial charge >= 0.3 is 5.97 Å². The van der Waals surface area contributed by atoms with Gasteiger partial charge in [-0.25, -0.2) is 0 Å². The number of carboxylic acid groups (broad SMARTS) is 1. The van der Waals surface area contributed by atoms with Gasteiger partial charge < -0.3 is 9.84 Å². The molecule has 0 radical (unpaired) electrons. The van der Waals surface area contributed by atoms with Crippen LogP contribution in [0.15, 0.2) is 30.3 Å². The maximum Gasteiger partial charge on any atom is 0.326 e. The van der Waals surface area contributed by atoms with Crippen LogP contribution >= 0.6 is 0 Å². The van der Waals surface area contributed by atoms with Crippen LogP contribution in [0.1, 0.15) is 18.4 Å². The quantitative estimate of drug-likeness (QED) is 0.863. The van der Waals surface area contributed by atoms with Crippen LogP contribution in [0.25, 0.3) is 0 Å². The van der Waals surface area contributed by atoms with Crippen LogP contribution in [-0.2, 0) is 16.1 Å². The fourth-order valence-corrected chi connectivity index (χ4v) is 2.44. The van der Waals surface area contributed by atoms with E-state index < -0.39 is 11.5 Å². The van der Waals surface area contributed by atoms with Gasteiger partial charge in [-0.1, -0.05) is 30.3 Å². The Hall–Kier alpha value is -1.39. The first-order valence-electron chi connectivity index (χ1n) is 6.21. The van der Waals surface area contributed by atoms with E-state index in [4.69, 9.17) is 4.74 Å². The number of carboxylic acids is 1. The predicted molar refractivity (Wildman–Crippen MR) is 68.3 cm³/mol. The summed E-state index contributed by atoms with van der Waals surface area (Å²) in [6.45, 7) is 1.53. The first-order chi connectivity index (χ1) is 8.65. The highest BCUT2D eigenvalue weighted by molar-refractivity contribution is 5.79. The molecule has 18 heavy (non-hydrogen) atoms. The Labute approximate surface area is 107 Å². The average Bonchev–Trinajstić information content (AvgIpc) is 2.73. The topological polar surface area (TPSA) is 49.8 Å². The summed E-state index contributed by atoms with van der Waals surface area (Å²) in [5.41, 5.74) is 0.230. The number of hydrogen-bond donors (Lipinski definition) is 1. The molecule has 1 atom stereocenters. The molecule has 0 amide bonds. The fraction of sp³-hybridized carbons (Fsp3) is 0.500. The van der Waals surface area contributed by atoms with Crippen LogP contribution in [0.3, 0.4) is 0 Å². The van der Waals surface area contributed by atoms with Gasteiger partial charge in [0, 0.05) is 0 Å². The molecule has 4 heteroatoms. The van der Waals surface area contributed by atoms with Crippen molar-refractivity contribution in [2.45, 2.75) is 25.0 Å². The van der Waals surface area contributed by atoms with Crippen LogP contribution in [0.2, 0.25) is 0 Å². The highest BCUT2D eigenvalue weighted by atomic mass is 16.5. The van der Waals surface area contributed by atoms with Crippen LogP contribution in [0, 0.1) is 0 Å². The molecule has 98 valence electrons. The molecule has 0 bridgehead atoms. The Morgan fingerprint density at radius 1 is 1.44 bits per heavy atom. The minimum Gasteiger partial charge on any atom is -0.480 e. The lowest BCUT2D eigenvalue weighted by Gasteiger charge is -2.31. The minimum absolute atomic E-state index is 0.244. The van der Waals surface area contributed by atoms with Gasteiger partial charge in [-0.2, -0.15) is 0 Å². The highest BCUT2D eigenvalue weighted by Gasteiger charge is 2.46. The Balaban J connectivity index is 1.93. The molecule has 1 N–H and O–H groups in total. The molecule has 2 rings (SSSR count). The van der Waals surface area contributed by atoms with Gasteiger partial charge in [0.25, 0.3) is 0 Å². The van der Waals surface area contributed by atoms with Crippen molar-refractivity contribution in [1.82, 2.24) is 4.90 Å². The molecule has 1 aliphatic heterocycles. The molecular formula is C14H19NO3. The molecule has 0 spiro atoms. The van der Waals surface area contributed by atoms with Crippen molar-refractivity contribution in [2.75, 3.05) is 20.2 Å². The third-order valence-corrected chi connectivity index (χ3v) is 3.67. The lowest BCUT2D eigenvalue weighted by molar-refractivity contribution is -0.153. The minimum atomic E-state index is -0.839. The Morgan fingerprint density at radius 2 is 2.17 bits per heavy atom. The Bertz CT molecular complexity index is 407. The van der Waals surface area contributed by atoms with Crippen molar-refractivity contribution < 1.29 is 14.6 Å². The van der Waals surface area contributed by atoms with Crippen LogP contribution in [0.5, 0.6) is 0 Å². The zero-order valence-electron chi connectivity index (χ0n) is 10.6. The third kappa shape index (κ3) is 2.54. The van der Waals surface area contributed by atoms with Crippen LogP contribution in [0.4, 0.5) is 0 Å². The number of ether oxygens (including phenoxy) is 1. The van der Waals surface area contributed by atoms with E-state index in [0.29, 0.717) is 13.0 Å². The molecule has 1 heterocycles. The summed E-state index contributed by atoms with van der Waals surface area (Å²) in [6, 6.07) is 9.81. The summed E-state index contributed by atoms with van der Waals surface area (Å²) in [6.07, 6.45) is 1.57. The third-order valence-electron chi connectivity index (χ3n) is 3.67. The summed E-state index contributed by atoms with van der Waals surface area (Å²) in [5.74, 6) is -0.782. The largest absolute Gasteiger partial charge is 0.480 e. The molecule has 1 aromatic rings. The number of benzene rings is 1. The summed E-state index contributed by atoms with van der Waals surface area (Å²) >= 11 is 0. The molecule has 1 saturated heterocycles. The van der Waals surface area contributed by atoms with E-state index in [1.165, 1.54) is 0 Å². The van der Waals surface area contributed by atoms with E-state index in [1.54, 1.807) is 0 Å². The van der Waals surface area contributed by atoms with Crippen molar-refractivity contribution in [3.05, 3.63) is 35.9 Å². The van der Waals surface area contributed by atoms with Gasteiger partial charge in [-0.3, -0.25) is 9.69 Å². The van der Waals surface area contributed by atoms with Crippen molar-refractivity contribution in [3.63, 3.8) is 0 Å². The van der Waals surface area contributed by atoms with Gasteiger partial charge in [0.2, 0.25) is 0 Å². The lowest BCUT2D eigenvalue weighted by atomic mass is 9.98. The second-order valence-electron chi connectivity index (χ2n) is 4.84. The van der Waals surface area contributed by atoms with E-state index in [-0.39, 0.29) is 6.61 Å². The van der Waals surface area contributed by atoms with E-state index in [1.807, 2.05) is 42.3 Å². The number of likely N-dealkylation sites (tertiary alicyclic amines) is 1. The van der Waals surface area contributed by atoms with E-state index >= 15 is 0 Å². The molecule has 0 aliphatic carbocycles. The van der Waals surface area contributed by atoms with Gasteiger partial charge in [-0.15, -0.1) is 0 Å². The van der Waals surface area contributed by atoms with Crippen LogP contribution in [-0.4, -0.2) is 41.7 Å². The van der Waals surface area contributed by atoms with Crippen LogP contribution < -0.4 is 0 Å². The molecule has 1 aliphatic rings. The molecule has 1 fully saturated rings. The summed E-state index contributed by atoms with van der Waals surface area (Å²) in [7, 11) is 1.85. The zero-order valence-corrected chi connectivity index (χ0v) is 10.6. The molecule has 0 aromatic heterocycles. The van der Waals surface area contributed by atoms with Gasteiger partial charge in [0.05, 0.1) is 13.2 Å². The van der Waals surface area contributed by atoms with Crippen molar-refractivity contribution in [2.24, 2.45) is 0 Å². The number of likely N-dealkylation sites (N-methyl/N-ethyl adjacent to an activating group) is 1. The predicted octanol–water partition coefficient (Wildman–Crippen LogP) is 1.75. The van der Waals surface area contributed by atoms with Crippen molar-refractivity contribution in [1.29, 1.82) is 0 Å². The summed E-state index contributed by atoms with van der Waals surface area (Å²) < 4.78 is 5.62. The standard InChI is InChI=1S/C14H19NO3/c1-15-9-5-8-14(15,13(16)17)11-18-10-12-6-3-2-4-7-12/h2-4,6-7H,5,8-11H2,1H3,(H,16,17). The van der Waals surface area contributed by atoms with E-state index in [2.05, 4.69) is 0 Å². The number of aliphatic carboxylic acids is 1. The van der Waals surface area contributed by atoms with Gasteiger partial charge in [0.15, 0.2) is 0 Å². The van der Waals surface area contributed by atoms with Crippen molar-refractivity contribution in [3.8, 4) is 0 Å². The molecule has 4 nitrogen and oxygen atoms in total. The number of nitrogens with zero attached hydrogens (tertiary/aromatic N) is 1. The average molecular weight is 249 g/mol. The first kappa shape index (κ1) is 13.1. The van der Waals surface area contributed by atoms with E-state index in [9.17, 15) is 9.90 Å². The monoisotopic (exact) mass is 249 g/mol. The number of rotatable bonds is 5. The molecule has 1 aromatic carbocycles. The maximum absolute atomic E-state index is 11.5. The molecule has 0 saturated carbocycles. The maximum atomic E-state index is 11.5. The number of carbonyl (C=O) groups is 1.